The predicted octanol–water partition coefficient (Wildman–Crippen LogP) is 0.801. The van der Waals surface area contributed by atoms with E-state index in [-0.39, 0.29) is 0 Å². The minimum absolute atomic E-state index is 0.513. The molecule has 0 atom stereocenters. The molecular weight excluding hydrogens is 176 g/mol. The Balaban J connectivity index is 1.69. The van der Waals surface area contributed by atoms with Crippen LogP contribution in [0.5, 0.6) is 0 Å². The first kappa shape index (κ1) is 10.4. The van der Waals surface area contributed by atoms with E-state index in [4.69, 9.17) is 4.74 Å². The van der Waals surface area contributed by atoms with Crippen molar-refractivity contribution >= 4 is 0 Å². The van der Waals surface area contributed by atoms with E-state index in [0.29, 0.717) is 6.10 Å². The Hall–Kier alpha value is -0.120. The van der Waals surface area contributed by atoms with Crippen LogP contribution in [0.4, 0.5) is 0 Å². The zero-order chi connectivity index (χ0) is 9.97. The number of piperidine rings is 1. The summed E-state index contributed by atoms with van der Waals surface area (Å²) in [6.45, 7) is 8.36. The molecule has 0 radical (unpaired) electrons. The lowest BCUT2D eigenvalue weighted by Crippen LogP contribution is -2.58. The minimum Gasteiger partial charge on any atom is -0.379 e. The van der Waals surface area contributed by atoms with Crippen molar-refractivity contribution in [2.75, 3.05) is 39.8 Å². The maximum absolute atomic E-state index is 5.30. The first-order valence-electron chi connectivity index (χ1n) is 5.82. The van der Waals surface area contributed by atoms with Crippen molar-refractivity contribution in [2.24, 2.45) is 0 Å². The van der Waals surface area contributed by atoms with Crippen LogP contribution < -0.4 is 0 Å². The van der Waals surface area contributed by atoms with Crippen molar-refractivity contribution in [3.63, 3.8) is 0 Å². The van der Waals surface area contributed by atoms with Gasteiger partial charge in [-0.25, -0.2) is 0 Å². The highest BCUT2D eigenvalue weighted by Crippen LogP contribution is 2.22. The van der Waals surface area contributed by atoms with Gasteiger partial charge in [0.1, 0.15) is 0 Å². The summed E-state index contributed by atoms with van der Waals surface area (Å²) < 4.78 is 5.30. The summed E-state index contributed by atoms with van der Waals surface area (Å²) in [6.07, 6.45) is 3.22. The third-order valence-electron chi connectivity index (χ3n) is 3.73. The fraction of sp³-hybridized carbons (Fsp3) is 1.00. The van der Waals surface area contributed by atoms with E-state index in [1.807, 2.05) is 7.11 Å². The molecule has 2 saturated heterocycles. The topological polar surface area (TPSA) is 15.7 Å². The fourth-order valence-electron chi connectivity index (χ4n) is 2.52. The number of likely N-dealkylation sites (tertiary alicyclic amines) is 2. The fourth-order valence-corrected chi connectivity index (χ4v) is 2.52. The van der Waals surface area contributed by atoms with Crippen LogP contribution in [0.15, 0.2) is 0 Å². The first-order valence-corrected chi connectivity index (χ1v) is 5.82. The van der Waals surface area contributed by atoms with E-state index in [9.17, 15) is 0 Å². The second-order valence-electron chi connectivity index (χ2n) is 4.48. The molecular formula is C11H22N2O. The smallest absolute Gasteiger partial charge is 0.0825 e. The molecule has 2 rings (SSSR count). The van der Waals surface area contributed by atoms with Crippen LogP contribution in [0.2, 0.25) is 0 Å². The molecule has 0 unspecified atom stereocenters. The molecule has 0 aromatic rings. The normalized spacial score (nSPS) is 27.9. The van der Waals surface area contributed by atoms with Gasteiger partial charge in [0.25, 0.3) is 0 Å². The van der Waals surface area contributed by atoms with Crippen LogP contribution in [0.25, 0.3) is 0 Å². The molecule has 82 valence electrons. The largest absolute Gasteiger partial charge is 0.379 e. The van der Waals surface area contributed by atoms with E-state index in [1.165, 1.54) is 32.5 Å². The van der Waals surface area contributed by atoms with E-state index in [2.05, 4.69) is 16.7 Å². The lowest BCUT2D eigenvalue weighted by molar-refractivity contribution is -0.0614. The highest BCUT2D eigenvalue weighted by atomic mass is 16.5. The average Bonchev–Trinajstić information content (AvgIpc) is 2.17. The number of nitrogens with zero attached hydrogens (tertiary/aromatic N) is 2. The van der Waals surface area contributed by atoms with Crippen molar-refractivity contribution < 1.29 is 4.74 Å². The van der Waals surface area contributed by atoms with E-state index < -0.39 is 0 Å². The van der Waals surface area contributed by atoms with E-state index >= 15 is 0 Å². The van der Waals surface area contributed by atoms with Gasteiger partial charge in [0, 0.05) is 26.2 Å². The molecule has 2 aliphatic heterocycles. The van der Waals surface area contributed by atoms with Crippen LogP contribution in [0.3, 0.4) is 0 Å². The Morgan fingerprint density at radius 1 is 1.21 bits per heavy atom. The molecule has 2 aliphatic rings. The summed E-state index contributed by atoms with van der Waals surface area (Å²) in [5.74, 6) is 0. The average molecular weight is 198 g/mol. The van der Waals surface area contributed by atoms with Gasteiger partial charge in [-0.1, -0.05) is 6.92 Å². The lowest BCUT2D eigenvalue weighted by Gasteiger charge is -2.46. The summed E-state index contributed by atoms with van der Waals surface area (Å²) in [5, 5.41) is 0. The quantitative estimate of drug-likeness (QED) is 0.667. The molecule has 2 fully saturated rings. The Bertz CT molecular complexity index is 172. The maximum atomic E-state index is 5.30. The van der Waals surface area contributed by atoms with Gasteiger partial charge >= 0.3 is 0 Å². The molecule has 0 spiro atoms. The van der Waals surface area contributed by atoms with Gasteiger partial charge < -0.3 is 9.64 Å². The minimum atomic E-state index is 0.513. The van der Waals surface area contributed by atoms with Crippen molar-refractivity contribution in [2.45, 2.75) is 31.9 Å². The summed E-state index contributed by atoms with van der Waals surface area (Å²) in [4.78, 5) is 5.13. The number of rotatable bonds is 3. The van der Waals surface area contributed by atoms with Crippen LogP contribution in [0.1, 0.15) is 19.8 Å². The van der Waals surface area contributed by atoms with E-state index in [0.717, 1.165) is 19.1 Å². The number of hydrogen-bond donors (Lipinski definition) is 0. The highest BCUT2D eigenvalue weighted by Gasteiger charge is 2.33. The standard InChI is InChI=1S/C11H22N2O/c1-3-12-6-4-10(5-7-12)13-8-11(9-13)14-2/h10-11H,3-9H2,1-2H3. The molecule has 0 N–H and O–H groups in total. The van der Waals surface area contributed by atoms with Crippen molar-refractivity contribution in [3.8, 4) is 0 Å². The van der Waals surface area contributed by atoms with Crippen LogP contribution >= 0.6 is 0 Å². The van der Waals surface area contributed by atoms with Gasteiger partial charge in [-0.15, -0.1) is 0 Å². The second kappa shape index (κ2) is 4.60. The van der Waals surface area contributed by atoms with Gasteiger partial charge in [-0.3, -0.25) is 4.90 Å². The van der Waals surface area contributed by atoms with Crippen molar-refractivity contribution in [1.29, 1.82) is 0 Å². The molecule has 14 heavy (non-hydrogen) atoms. The van der Waals surface area contributed by atoms with Crippen LogP contribution in [0, 0.1) is 0 Å². The molecule has 3 nitrogen and oxygen atoms in total. The predicted molar refractivity (Wildman–Crippen MR) is 57.5 cm³/mol. The number of methoxy groups -OCH3 is 1. The second-order valence-corrected chi connectivity index (χ2v) is 4.48. The van der Waals surface area contributed by atoms with Gasteiger partial charge in [0.2, 0.25) is 0 Å². The molecule has 0 aliphatic carbocycles. The Morgan fingerprint density at radius 2 is 1.86 bits per heavy atom. The van der Waals surface area contributed by atoms with Crippen LogP contribution in [-0.2, 0) is 4.74 Å². The Kier molecular flexibility index (Phi) is 3.42. The lowest BCUT2D eigenvalue weighted by atomic mass is 9.98. The molecule has 0 aromatic carbocycles. The third kappa shape index (κ3) is 2.10. The first-order chi connectivity index (χ1) is 6.83. The van der Waals surface area contributed by atoms with Crippen molar-refractivity contribution in [3.05, 3.63) is 0 Å². The molecule has 0 amide bonds. The number of ether oxygens (including phenoxy) is 1. The molecule has 2 heterocycles. The SMILES string of the molecule is CCN1CCC(N2CC(OC)C2)CC1. The zero-order valence-corrected chi connectivity index (χ0v) is 9.41. The highest BCUT2D eigenvalue weighted by molar-refractivity contribution is 4.88. The number of hydrogen-bond acceptors (Lipinski definition) is 3. The molecule has 3 heteroatoms. The monoisotopic (exact) mass is 198 g/mol. The summed E-state index contributed by atoms with van der Waals surface area (Å²) in [6, 6.07) is 0.837. The Labute approximate surface area is 87.0 Å². The molecule has 0 bridgehead atoms. The molecule has 0 aromatic heterocycles. The Morgan fingerprint density at radius 3 is 2.36 bits per heavy atom. The van der Waals surface area contributed by atoms with Crippen molar-refractivity contribution in [1.82, 2.24) is 9.80 Å². The van der Waals surface area contributed by atoms with Gasteiger partial charge in [-0.2, -0.15) is 0 Å². The zero-order valence-electron chi connectivity index (χ0n) is 9.41. The van der Waals surface area contributed by atoms with Gasteiger partial charge in [-0.05, 0) is 32.5 Å². The molecule has 0 saturated carbocycles. The van der Waals surface area contributed by atoms with Gasteiger partial charge in [0.05, 0.1) is 6.10 Å². The summed E-state index contributed by atoms with van der Waals surface area (Å²) in [7, 11) is 1.82. The van der Waals surface area contributed by atoms with Crippen LogP contribution in [-0.4, -0.2) is 61.8 Å². The summed E-state index contributed by atoms with van der Waals surface area (Å²) >= 11 is 0. The van der Waals surface area contributed by atoms with Gasteiger partial charge in [0.15, 0.2) is 0 Å². The maximum Gasteiger partial charge on any atom is 0.0825 e. The third-order valence-corrected chi connectivity index (χ3v) is 3.73. The van der Waals surface area contributed by atoms with E-state index in [1.54, 1.807) is 0 Å². The summed E-state index contributed by atoms with van der Waals surface area (Å²) in [5.41, 5.74) is 0.